The summed E-state index contributed by atoms with van der Waals surface area (Å²) in [5, 5.41) is -4.75. The van der Waals surface area contributed by atoms with Gasteiger partial charge in [0.15, 0.2) is 12.4 Å². The highest BCUT2D eigenvalue weighted by Gasteiger charge is 2.46. The molecule has 0 aromatic heterocycles. The van der Waals surface area contributed by atoms with Gasteiger partial charge in [-0.25, -0.2) is 14.4 Å². The van der Waals surface area contributed by atoms with Crippen molar-refractivity contribution in [3.63, 3.8) is 0 Å². The molecule has 0 heterocycles. The van der Waals surface area contributed by atoms with Gasteiger partial charge in [-0.2, -0.15) is 17.2 Å². The highest BCUT2D eigenvalue weighted by Crippen LogP contribution is 2.31. The van der Waals surface area contributed by atoms with E-state index < -0.39 is 51.1 Å². The van der Waals surface area contributed by atoms with E-state index in [1.807, 2.05) is 22.6 Å². The lowest BCUT2D eigenvalue weighted by Crippen LogP contribution is -2.34. The van der Waals surface area contributed by atoms with E-state index in [0.29, 0.717) is 3.57 Å². The van der Waals surface area contributed by atoms with E-state index in [9.17, 15) is 31.6 Å². The van der Waals surface area contributed by atoms with Crippen molar-refractivity contribution in [1.82, 2.24) is 0 Å². The average molecular weight is 738 g/mol. The van der Waals surface area contributed by atoms with Crippen LogP contribution in [-0.2, 0) is 19.6 Å². The zero-order chi connectivity index (χ0) is 26.8. The van der Waals surface area contributed by atoms with E-state index in [-0.39, 0.29) is 20.4 Å². The van der Waals surface area contributed by atoms with Gasteiger partial charge in [-0.1, -0.05) is 12.1 Å². The maximum Gasteiger partial charge on any atom is 0.402 e. The van der Waals surface area contributed by atoms with Crippen LogP contribution in [-0.4, -0.2) is 48.3 Å². The fourth-order valence-corrected chi connectivity index (χ4v) is 4.60. The molecule has 0 saturated carbocycles. The smallest absolute Gasteiger partial charge is 0.402 e. The number of halogens is 4. The first-order valence-corrected chi connectivity index (χ1v) is 13.1. The standard InChI is InChI=1S/C21H18F2I2O9S/c1-20(2,3)34-19(28)13-7-5-4-6-12(13)18(27)33-16-14(8-11(24)9-15(16)25)17(26)32-10-21(22,23)35(29,30)31/h4-9H,10H2,1-3H3,(H,29,30,31). The van der Waals surface area contributed by atoms with Crippen molar-refractivity contribution in [2.45, 2.75) is 31.6 Å². The fraction of sp³-hybridized carbons (Fsp3) is 0.286. The number of hydrogen-bond donors (Lipinski definition) is 1. The molecule has 9 nitrogen and oxygen atoms in total. The first kappa shape index (κ1) is 29.3. The van der Waals surface area contributed by atoms with Crippen molar-refractivity contribution in [2.24, 2.45) is 0 Å². The molecule has 0 radical (unpaired) electrons. The Morgan fingerprint density at radius 1 is 0.943 bits per heavy atom. The third-order valence-electron chi connectivity index (χ3n) is 3.94. The molecule has 0 aliphatic rings. The van der Waals surface area contributed by atoms with E-state index in [1.54, 1.807) is 43.4 Å². The van der Waals surface area contributed by atoms with E-state index in [1.165, 1.54) is 36.4 Å². The number of alkyl halides is 2. The van der Waals surface area contributed by atoms with Crippen LogP contribution in [0.4, 0.5) is 8.78 Å². The maximum absolute atomic E-state index is 13.5. The topological polar surface area (TPSA) is 133 Å². The predicted molar refractivity (Wildman–Crippen MR) is 135 cm³/mol. The Morgan fingerprint density at radius 2 is 1.49 bits per heavy atom. The molecule has 0 aliphatic heterocycles. The van der Waals surface area contributed by atoms with Gasteiger partial charge in [0.2, 0.25) is 0 Å². The SMILES string of the molecule is CC(C)(C)OC(=O)c1ccccc1C(=O)Oc1c(I)cc(I)cc1C(=O)OCC(F)(F)S(=O)(=O)O. The largest absolute Gasteiger partial charge is 0.456 e. The molecule has 0 spiro atoms. The van der Waals surface area contributed by atoms with Crippen molar-refractivity contribution in [1.29, 1.82) is 0 Å². The van der Waals surface area contributed by atoms with Crippen LogP contribution in [0.1, 0.15) is 51.8 Å². The minimum Gasteiger partial charge on any atom is -0.456 e. The third-order valence-corrected chi connectivity index (χ3v) is 6.23. The Bertz CT molecular complexity index is 1270. The molecule has 14 heteroatoms. The Kier molecular flexibility index (Phi) is 9.21. The Balaban J connectivity index is 2.40. The van der Waals surface area contributed by atoms with Crippen LogP contribution in [0.2, 0.25) is 0 Å². The van der Waals surface area contributed by atoms with Gasteiger partial charge >= 0.3 is 33.3 Å². The van der Waals surface area contributed by atoms with E-state index in [2.05, 4.69) is 4.74 Å². The number of ether oxygens (including phenoxy) is 3. The van der Waals surface area contributed by atoms with Crippen molar-refractivity contribution < 1.29 is 50.3 Å². The molecule has 0 saturated heterocycles. The highest BCUT2D eigenvalue weighted by atomic mass is 127. The summed E-state index contributed by atoms with van der Waals surface area (Å²) >= 11 is 3.54. The summed E-state index contributed by atoms with van der Waals surface area (Å²) in [4.78, 5) is 38.0. The molecule has 0 amide bonds. The zero-order valence-electron chi connectivity index (χ0n) is 18.3. The maximum atomic E-state index is 13.5. The van der Waals surface area contributed by atoms with Gasteiger partial charge < -0.3 is 14.2 Å². The molecule has 0 unspecified atom stereocenters. The molecule has 35 heavy (non-hydrogen) atoms. The van der Waals surface area contributed by atoms with Crippen molar-refractivity contribution in [3.8, 4) is 5.75 Å². The minimum atomic E-state index is -5.83. The van der Waals surface area contributed by atoms with Crippen LogP contribution in [0, 0.1) is 7.14 Å². The lowest BCUT2D eigenvalue weighted by Gasteiger charge is -2.20. The van der Waals surface area contributed by atoms with Gasteiger partial charge in [-0.15, -0.1) is 0 Å². The molecule has 0 bridgehead atoms. The van der Waals surface area contributed by atoms with Crippen LogP contribution >= 0.6 is 45.2 Å². The second-order valence-corrected chi connectivity index (χ2v) is 11.8. The number of carbonyl (C=O) groups is 3. The summed E-state index contributed by atoms with van der Waals surface area (Å²) in [5.41, 5.74) is -1.60. The molecule has 0 atom stereocenters. The van der Waals surface area contributed by atoms with Crippen LogP contribution < -0.4 is 4.74 Å². The lowest BCUT2D eigenvalue weighted by atomic mass is 10.1. The van der Waals surface area contributed by atoms with Gasteiger partial charge in [0.05, 0.1) is 14.7 Å². The summed E-state index contributed by atoms with van der Waals surface area (Å²) in [5.74, 6) is -3.65. The number of rotatable bonds is 7. The van der Waals surface area contributed by atoms with Crippen LogP contribution in [0.25, 0.3) is 0 Å². The Hall–Kier alpha value is -1.92. The number of hydrogen-bond acceptors (Lipinski definition) is 8. The molecule has 1 N–H and O–H groups in total. The van der Waals surface area contributed by atoms with Gasteiger partial charge in [-0.05, 0) is 90.2 Å². The van der Waals surface area contributed by atoms with Crippen molar-refractivity contribution >= 4 is 73.2 Å². The monoisotopic (exact) mass is 738 g/mol. The minimum absolute atomic E-state index is 0.107. The number of benzene rings is 2. The summed E-state index contributed by atoms with van der Waals surface area (Å²) in [6.45, 7) is 2.96. The molecular weight excluding hydrogens is 720 g/mol. The molecule has 2 rings (SSSR count). The zero-order valence-corrected chi connectivity index (χ0v) is 23.4. The highest BCUT2D eigenvalue weighted by molar-refractivity contribution is 14.1. The Morgan fingerprint density at radius 3 is 2.00 bits per heavy atom. The first-order valence-electron chi connectivity index (χ1n) is 9.48. The molecular formula is C21H18F2I2O9S. The van der Waals surface area contributed by atoms with Crippen LogP contribution in [0.3, 0.4) is 0 Å². The summed E-state index contributed by atoms with van der Waals surface area (Å²) in [6, 6.07) is 8.28. The van der Waals surface area contributed by atoms with E-state index in [4.69, 9.17) is 14.0 Å². The third kappa shape index (κ3) is 7.78. The fourth-order valence-electron chi connectivity index (χ4n) is 2.44. The van der Waals surface area contributed by atoms with Crippen molar-refractivity contribution in [2.75, 3.05) is 6.61 Å². The summed E-state index contributed by atoms with van der Waals surface area (Å²) < 4.78 is 72.7. The average Bonchev–Trinajstić information content (AvgIpc) is 2.71. The van der Waals surface area contributed by atoms with Crippen molar-refractivity contribution in [3.05, 3.63) is 60.2 Å². The number of esters is 3. The molecule has 2 aromatic carbocycles. The number of carbonyl (C=O) groups excluding carboxylic acids is 3. The summed E-state index contributed by atoms with van der Waals surface area (Å²) in [7, 11) is -5.83. The van der Waals surface area contributed by atoms with Crippen LogP contribution in [0.5, 0.6) is 5.75 Å². The first-order chi connectivity index (χ1) is 15.9. The summed E-state index contributed by atoms with van der Waals surface area (Å²) in [6.07, 6.45) is 0. The van der Waals surface area contributed by atoms with E-state index >= 15 is 0 Å². The second kappa shape index (κ2) is 11.0. The Labute approximate surface area is 226 Å². The normalized spacial score (nSPS) is 12.1. The van der Waals surface area contributed by atoms with Crippen LogP contribution in [0.15, 0.2) is 36.4 Å². The predicted octanol–water partition coefficient (Wildman–Crippen LogP) is 4.71. The second-order valence-electron chi connectivity index (χ2n) is 7.89. The van der Waals surface area contributed by atoms with Gasteiger partial charge in [0.25, 0.3) is 0 Å². The van der Waals surface area contributed by atoms with Gasteiger partial charge in [0.1, 0.15) is 11.2 Å². The molecule has 0 aliphatic carbocycles. The lowest BCUT2D eigenvalue weighted by molar-refractivity contribution is -0.00971. The quantitative estimate of drug-likeness (QED) is 0.186. The molecule has 0 fully saturated rings. The molecule has 2 aromatic rings. The van der Waals surface area contributed by atoms with Gasteiger partial charge in [0, 0.05) is 3.57 Å². The van der Waals surface area contributed by atoms with E-state index in [0.717, 1.165) is 0 Å². The molecule has 190 valence electrons. The van der Waals surface area contributed by atoms with Gasteiger partial charge in [-0.3, -0.25) is 4.55 Å².